The van der Waals surface area contributed by atoms with Crippen LogP contribution in [0, 0.1) is 6.92 Å². The van der Waals surface area contributed by atoms with Crippen molar-refractivity contribution >= 4 is 5.82 Å². The van der Waals surface area contributed by atoms with Crippen molar-refractivity contribution in [3.8, 4) is 5.82 Å². The number of anilines is 1. The molecule has 0 amide bonds. The zero-order valence-electron chi connectivity index (χ0n) is 13.2. The van der Waals surface area contributed by atoms with Crippen LogP contribution < -0.4 is 5.32 Å². The van der Waals surface area contributed by atoms with Crippen LogP contribution >= 0.6 is 0 Å². The Kier molecular flexibility index (Phi) is 3.58. The number of imidazole rings is 1. The summed E-state index contributed by atoms with van der Waals surface area (Å²) in [5, 5.41) is 3.55. The maximum atomic E-state index is 4.66. The van der Waals surface area contributed by atoms with Gasteiger partial charge in [0.05, 0.1) is 0 Å². The van der Waals surface area contributed by atoms with Crippen LogP contribution in [-0.4, -0.2) is 20.6 Å². The lowest BCUT2D eigenvalue weighted by Crippen LogP contribution is -2.34. The Balaban J connectivity index is 1.40. The number of nitrogens with one attached hydrogen (secondary N) is 1. The molecule has 0 bridgehead atoms. The zero-order valence-corrected chi connectivity index (χ0v) is 13.2. The number of aromatic nitrogens is 3. The minimum absolute atomic E-state index is 0.506. The smallest absolute Gasteiger partial charge is 0.140 e. The van der Waals surface area contributed by atoms with Crippen LogP contribution in [0.2, 0.25) is 0 Å². The summed E-state index contributed by atoms with van der Waals surface area (Å²) in [7, 11) is 0. The lowest BCUT2D eigenvalue weighted by Gasteiger charge is -2.36. The van der Waals surface area contributed by atoms with Crippen LogP contribution in [0.1, 0.15) is 29.9 Å². The molecule has 0 spiro atoms. The Hall–Kier alpha value is -2.62. The molecule has 1 N–H and O–H groups in total. The molecule has 0 saturated heterocycles. The molecule has 1 fully saturated rings. The molecule has 0 unspecified atom stereocenters. The minimum Gasteiger partial charge on any atom is -0.367 e. The van der Waals surface area contributed by atoms with Gasteiger partial charge in [-0.15, -0.1) is 0 Å². The van der Waals surface area contributed by atoms with Crippen LogP contribution in [0.25, 0.3) is 5.82 Å². The fourth-order valence-electron chi connectivity index (χ4n) is 3.18. The van der Waals surface area contributed by atoms with Gasteiger partial charge >= 0.3 is 0 Å². The molecule has 23 heavy (non-hydrogen) atoms. The summed E-state index contributed by atoms with van der Waals surface area (Å²) < 4.78 is 1.92. The highest BCUT2D eigenvalue weighted by Gasteiger charge is 2.30. The minimum atomic E-state index is 0.506. The molecular weight excluding hydrogens is 284 g/mol. The number of nitrogens with zero attached hydrogens (tertiary/aromatic N) is 3. The molecular formula is C19H20N4. The molecule has 1 aliphatic carbocycles. The zero-order chi connectivity index (χ0) is 15.6. The fourth-order valence-corrected chi connectivity index (χ4v) is 3.18. The number of aryl methyl sites for hydroxylation is 1. The van der Waals surface area contributed by atoms with Gasteiger partial charge in [0, 0.05) is 18.4 Å². The van der Waals surface area contributed by atoms with Crippen molar-refractivity contribution < 1.29 is 0 Å². The first-order valence-electron chi connectivity index (χ1n) is 8.06. The summed E-state index contributed by atoms with van der Waals surface area (Å²) in [6.45, 7) is 2.16. The van der Waals surface area contributed by atoms with Gasteiger partial charge in [0.2, 0.25) is 0 Å². The van der Waals surface area contributed by atoms with Gasteiger partial charge < -0.3 is 5.32 Å². The van der Waals surface area contributed by atoms with Gasteiger partial charge in [-0.3, -0.25) is 4.57 Å². The first-order valence-corrected chi connectivity index (χ1v) is 8.06. The lowest BCUT2D eigenvalue weighted by atomic mass is 9.75. The SMILES string of the molecule is Cc1cccc(C2CC(Nc3cccc(-n4ccnc4)n3)C2)c1. The monoisotopic (exact) mass is 304 g/mol. The highest BCUT2D eigenvalue weighted by molar-refractivity contribution is 5.42. The summed E-state index contributed by atoms with van der Waals surface area (Å²) in [6, 6.07) is 15.4. The average Bonchev–Trinajstić information content (AvgIpc) is 3.05. The molecule has 0 aliphatic heterocycles. The summed E-state index contributed by atoms with van der Waals surface area (Å²) in [6.07, 6.45) is 7.77. The van der Waals surface area contributed by atoms with Gasteiger partial charge in [-0.2, -0.15) is 0 Å². The molecule has 1 aliphatic rings. The lowest BCUT2D eigenvalue weighted by molar-refractivity contribution is 0.373. The van der Waals surface area contributed by atoms with E-state index in [4.69, 9.17) is 0 Å². The molecule has 2 heterocycles. The maximum Gasteiger partial charge on any atom is 0.140 e. The summed E-state index contributed by atoms with van der Waals surface area (Å²) in [5.74, 6) is 2.50. The van der Waals surface area contributed by atoms with Crippen LogP contribution in [0.5, 0.6) is 0 Å². The molecule has 0 radical (unpaired) electrons. The van der Waals surface area contributed by atoms with E-state index >= 15 is 0 Å². The van der Waals surface area contributed by atoms with Crippen molar-refractivity contribution in [2.45, 2.75) is 31.7 Å². The van der Waals surface area contributed by atoms with Crippen LogP contribution in [0.4, 0.5) is 5.82 Å². The van der Waals surface area contributed by atoms with E-state index in [0.29, 0.717) is 12.0 Å². The average molecular weight is 304 g/mol. The van der Waals surface area contributed by atoms with Crippen molar-refractivity contribution in [3.05, 3.63) is 72.3 Å². The Morgan fingerprint density at radius 2 is 2.00 bits per heavy atom. The van der Waals surface area contributed by atoms with Gasteiger partial charge in [0.1, 0.15) is 18.0 Å². The first-order chi connectivity index (χ1) is 11.3. The molecule has 116 valence electrons. The number of rotatable bonds is 4. The first kappa shape index (κ1) is 14.0. The van der Waals surface area contributed by atoms with Crippen molar-refractivity contribution in [1.82, 2.24) is 14.5 Å². The second kappa shape index (κ2) is 5.88. The normalized spacial score (nSPS) is 20.0. The fraction of sp³-hybridized carbons (Fsp3) is 0.263. The summed E-state index contributed by atoms with van der Waals surface area (Å²) >= 11 is 0. The van der Waals surface area contributed by atoms with E-state index < -0.39 is 0 Å². The topological polar surface area (TPSA) is 42.7 Å². The van der Waals surface area contributed by atoms with Crippen LogP contribution in [0.3, 0.4) is 0 Å². The van der Waals surface area contributed by atoms with E-state index in [1.807, 2.05) is 29.0 Å². The largest absolute Gasteiger partial charge is 0.367 e. The third-order valence-electron chi connectivity index (χ3n) is 4.51. The predicted octanol–water partition coefficient (Wildman–Crippen LogP) is 3.93. The quantitative estimate of drug-likeness (QED) is 0.794. The van der Waals surface area contributed by atoms with E-state index in [-0.39, 0.29) is 0 Å². The van der Waals surface area contributed by atoms with E-state index in [9.17, 15) is 0 Å². The van der Waals surface area contributed by atoms with Gasteiger partial charge in [-0.25, -0.2) is 9.97 Å². The molecule has 2 aromatic heterocycles. The molecule has 4 rings (SSSR count). The number of benzene rings is 1. The van der Waals surface area contributed by atoms with E-state index in [2.05, 4.69) is 46.5 Å². The number of hydrogen-bond donors (Lipinski definition) is 1. The van der Waals surface area contributed by atoms with Crippen LogP contribution in [-0.2, 0) is 0 Å². The van der Waals surface area contributed by atoms with Gasteiger partial charge in [-0.1, -0.05) is 35.9 Å². The second-order valence-electron chi connectivity index (χ2n) is 6.27. The van der Waals surface area contributed by atoms with Gasteiger partial charge in [-0.05, 0) is 43.4 Å². The molecule has 4 heteroatoms. The van der Waals surface area contributed by atoms with Gasteiger partial charge in [0.15, 0.2) is 0 Å². The highest BCUT2D eigenvalue weighted by Crippen LogP contribution is 2.38. The third-order valence-corrected chi connectivity index (χ3v) is 4.51. The van der Waals surface area contributed by atoms with Crippen molar-refractivity contribution in [1.29, 1.82) is 0 Å². The van der Waals surface area contributed by atoms with E-state index in [1.165, 1.54) is 24.0 Å². The number of pyridine rings is 1. The van der Waals surface area contributed by atoms with E-state index in [0.717, 1.165) is 11.6 Å². The number of hydrogen-bond acceptors (Lipinski definition) is 3. The summed E-state index contributed by atoms with van der Waals surface area (Å²) in [5.41, 5.74) is 2.80. The third kappa shape index (κ3) is 2.97. The predicted molar refractivity (Wildman–Crippen MR) is 91.9 cm³/mol. The maximum absolute atomic E-state index is 4.66. The Bertz CT molecular complexity index is 789. The summed E-state index contributed by atoms with van der Waals surface area (Å²) in [4.78, 5) is 8.73. The standard InChI is InChI=1S/C19H20N4/c1-14-4-2-5-15(10-14)16-11-17(12-16)21-18-6-3-7-19(22-18)23-9-8-20-13-23/h2-10,13,16-17H,11-12H2,1H3,(H,21,22). The van der Waals surface area contributed by atoms with Crippen LogP contribution in [0.15, 0.2) is 61.2 Å². The Labute approximate surface area is 136 Å². The van der Waals surface area contributed by atoms with Crippen molar-refractivity contribution in [2.24, 2.45) is 0 Å². The molecule has 4 nitrogen and oxygen atoms in total. The van der Waals surface area contributed by atoms with E-state index in [1.54, 1.807) is 12.5 Å². The van der Waals surface area contributed by atoms with Gasteiger partial charge in [0.25, 0.3) is 0 Å². The second-order valence-corrected chi connectivity index (χ2v) is 6.27. The molecule has 1 aromatic carbocycles. The van der Waals surface area contributed by atoms with Crippen molar-refractivity contribution in [3.63, 3.8) is 0 Å². The highest BCUT2D eigenvalue weighted by atomic mass is 15.1. The molecule has 3 aromatic rings. The molecule has 1 saturated carbocycles. The van der Waals surface area contributed by atoms with Crippen molar-refractivity contribution in [2.75, 3.05) is 5.32 Å². The Morgan fingerprint density at radius 1 is 1.13 bits per heavy atom. The Morgan fingerprint density at radius 3 is 2.78 bits per heavy atom. The molecule has 0 atom stereocenters.